The summed E-state index contributed by atoms with van der Waals surface area (Å²) in [6, 6.07) is 20.2. The highest BCUT2D eigenvalue weighted by atomic mass is 79.9. The van der Waals surface area contributed by atoms with E-state index in [2.05, 4.69) is 46.4 Å². The molecular formula is C21H20BrNO2. The molecule has 25 heavy (non-hydrogen) atoms. The molecule has 0 bridgehead atoms. The van der Waals surface area contributed by atoms with Crippen molar-refractivity contribution >= 4 is 32.6 Å². The zero-order valence-corrected chi connectivity index (χ0v) is 15.7. The quantitative estimate of drug-likeness (QED) is 0.644. The lowest BCUT2D eigenvalue weighted by atomic mass is 10.0. The highest BCUT2D eigenvalue weighted by Crippen LogP contribution is 2.26. The van der Waals surface area contributed by atoms with Crippen molar-refractivity contribution in [1.82, 2.24) is 5.32 Å². The fraction of sp³-hybridized carbons (Fsp3) is 0.190. The Bertz CT molecular complexity index is 887. The monoisotopic (exact) mass is 397 g/mol. The maximum atomic E-state index is 12.1. The Morgan fingerprint density at radius 3 is 2.68 bits per heavy atom. The van der Waals surface area contributed by atoms with Crippen LogP contribution in [0.5, 0.6) is 5.75 Å². The summed E-state index contributed by atoms with van der Waals surface area (Å²) in [7, 11) is 0. The first kappa shape index (κ1) is 17.5. The number of nitrogens with one attached hydrogen (secondary N) is 1. The second-order valence-corrected chi connectivity index (χ2v) is 6.68. The summed E-state index contributed by atoms with van der Waals surface area (Å²) in [5.74, 6) is 0.539. The third-order valence-corrected chi connectivity index (χ3v) is 4.74. The molecule has 128 valence electrons. The molecule has 0 aliphatic carbocycles. The van der Waals surface area contributed by atoms with Crippen LogP contribution in [0.3, 0.4) is 0 Å². The number of amides is 1. The van der Waals surface area contributed by atoms with Crippen LogP contribution in [0.25, 0.3) is 10.8 Å². The number of hydrogen-bond acceptors (Lipinski definition) is 2. The minimum atomic E-state index is -0.139. The topological polar surface area (TPSA) is 38.3 Å². The molecule has 3 rings (SSSR count). The molecule has 3 aromatic carbocycles. The van der Waals surface area contributed by atoms with Gasteiger partial charge >= 0.3 is 0 Å². The van der Waals surface area contributed by atoms with Crippen molar-refractivity contribution in [3.8, 4) is 5.75 Å². The molecule has 1 N–H and O–H groups in total. The summed E-state index contributed by atoms with van der Waals surface area (Å²) >= 11 is 3.48. The average Bonchev–Trinajstić information content (AvgIpc) is 2.65. The highest BCUT2D eigenvalue weighted by molar-refractivity contribution is 9.10. The van der Waals surface area contributed by atoms with E-state index in [9.17, 15) is 4.79 Å². The molecule has 0 atom stereocenters. The second kappa shape index (κ2) is 8.17. The Morgan fingerprint density at radius 2 is 1.88 bits per heavy atom. The van der Waals surface area contributed by atoms with E-state index in [1.165, 1.54) is 10.9 Å². The fourth-order valence-corrected chi connectivity index (χ4v) is 3.26. The molecule has 0 radical (unpaired) electrons. The molecule has 0 aliphatic rings. The molecule has 0 fully saturated rings. The molecule has 0 spiro atoms. The largest absolute Gasteiger partial charge is 0.483 e. The van der Waals surface area contributed by atoms with Crippen molar-refractivity contribution < 1.29 is 9.53 Å². The van der Waals surface area contributed by atoms with E-state index in [0.717, 1.165) is 21.8 Å². The average molecular weight is 398 g/mol. The zero-order valence-electron chi connectivity index (χ0n) is 14.1. The summed E-state index contributed by atoms with van der Waals surface area (Å²) in [6.45, 7) is 2.58. The lowest BCUT2D eigenvalue weighted by molar-refractivity contribution is -0.123. The van der Waals surface area contributed by atoms with Gasteiger partial charge in [0, 0.05) is 6.54 Å². The number of benzene rings is 3. The van der Waals surface area contributed by atoms with E-state index in [1.54, 1.807) is 0 Å². The van der Waals surface area contributed by atoms with Crippen molar-refractivity contribution in [1.29, 1.82) is 0 Å². The molecule has 1 amide bonds. The van der Waals surface area contributed by atoms with Gasteiger partial charge in [-0.3, -0.25) is 4.79 Å². The van der Waals surface area contributed by atoms with Crippen LogP contribution in [-0.2, 0) is 17.8 Å². The number of ether oxygens (including phenoxy) is 1. The van der Waals surface area contributed by atoms with Crippen molar-refractivity contribution in [2.45, 2.75) is 19.9 Å². The Kier molecular flexibility index (Phi) is 5.71. The molecular weight excluding hydrogens is 378 g/mol. The van der Waals surface area contributed by atoms with Gasteiger partial charge < -0.3 is 10.1 Å². The van der Waals surface area contributed by atoms with Crippen LogP contribution in [-0.4, -0.2) is 12.5 Å². The predicted octanol–water partition coefficient (Wildman–Crippen LogP) is 4.86. The van der Waals surface area contributed by atoms with Gasteiger partial charge in [0.2, 0.25) is 0 Å². The molecule has 0 aromatic heterocycles. The van der Waals surface area contributed by atoms with Gasteiger partial charge in [0.05, 0.1) is 4.47 Å². The molecule has 0 unspecified atom stereocenters. The smallest absolute Gasteiger partial charge is 0.258 e. The fourth-order valence-electron chi connectivity index (χ4n) is 2.72. The predicted molar refractivity (Wildman–Crippen MR) is 105 cm³/mol. The number of rotatable bonds is 6. The van der Waals surface area contributed by atoms with Gasteiger partial charge in [-0.05, 0) is 56.4 Å². The standard InChI is InChI=1S/C21H20BrNO2/c1-2-15-10-11-20(19(22)12-15)25-14-21(24)23-13-17-8-5-7-16-6-3-4-9-18(16)17/h3-12H,2,13-14H2,1H3,(H,23,24). The maximum Gasteiger partial charge on any atom is 0.258 e. The van der Waals surface area contributed by atoms with Crippen LogP contribution < -0.4 is 10.1 Å². The van der Waals surface area contributed by atoms with Crippen LogP contribution in [0, 0.1) is 0 Å². The van der Waals surface area contributed by atoms with Gasteiger partial charge in [0.1, 0.15) is 5.75 Å². The van der Waals surface area contributed by atoms with Gasteiger partial charge in [-0.15, -0.1) is 0 Å². The Labute approximate surface area is 156 Å². The number of aryl methyl sites for hydroxylation is 1. The van der Waals surface area contributed by atoms with Crippen LogP contribution >= 0.6 is 15.9 Å². The van der Waals surface area contributed by atoms with Crippen LogP contribution in [0.2, 0.25) is 0 Å². The van der Waals surface area contributed by atoms with Crippen molar-refractivity contribution in [3.63, 3.8) is 0 Å². The van der Waals surface area contributed by atoms with Gasteiger partial charge in [-0.1, -0.05) is 55.5 Å². The van der Waals surface area contributed by atoms with Gasteiger partial charge in [0.15, 0.2) is 6.61 Å². The lowest BCUT2D eigenvalue weighted by Gasteiger charge is -2.11. The first-order valence-corrected chi connectivity index (χ1v) is 9.11. The summed E-state index contributed by atoms with van der Waals surface area (Å²) in [5.41, 5.74) is 2.32. The minimum Gasteiger partial charge on any atom is -0.483 e. The van der Waals surface area contributed by atoms with E-state index in [0.29, 0.717) is 12.3 Å². The summed E-state index contributed by atoms with van der Waals surface area (Å²) in [6.07, 6.45) is 0.963. The van der Waals surface area contributed by atoms with Crippen LogP contribution in [0.15, 0.2) is 65.1 Å². The van der Waals surface area contributed by atoms with E-state index >= 15 is 0 Å². The van der Waals surface area contributed by atoms with Crippen molar-refractivity contribution in [2.24, 2.45) is 0 Å². The zero-order chi connectivity index (χ0) is 17.6. The number of halogens is 1. The highest BCUT2D eigenvalue weighted by Gasteiger charge is 2.07. The van der Waals surface area contributed by atoms with E-state index < -0.39 is 0 Å². The van der Waals surface area contributed by atoms with E-state index in [-0.39, 0.29) is 12.5 Å². The first-order chi connectivity index (χ1) is 12.2. The van der Waals surface area contributed by atoms with Gasteiger partial charge in [0.25, 0.3) is 5.91 Å². The van der Waals surface area contributed by atoms with Gasteiger partial charge in [-0.2, -0.15) is 0 Å². The molecule has 4 heteroatoms. The minimum absolute atomic E-state index is 0.00512. The normalized spacial score (nSPS) is 10.6. The molecule has 3 nitrogen and oxygen atoms in total. The Balaban J connectivity index is 1.58. The summed E-state index contributed by atoms with van der Waals surface area (Å²) in [5, 5.41) is 5.25. The Hall–Kier alpha value is -2.33. The van der Waals surface area contributed by atoms with Crippen LogP contribution in [0.4, 0.5) is 0 Å². The van der Waals surface area contributed by atoms with Gasteiger partial charge in [-0.25, -0.2) is 0 Å². The molecule has 0 saturated carbocycles. The van der Waals surface area contributed by atoms with E-state index in [1.807, 2.05) is 42.5 Å². The lowest BCUT2D eigenvalue weighted by Crippen LogP contribution is -2.28. The number of hydrogen-bond donors (Lipinski definition) is 1. The SMILES string of the molecule is CCc1ccc(OCC(=O)NCc2cccc3ccccc23)c(Br)c1. The summed E-state index contributed by atoms with van der Waals surface area (Å²) in [4.78, 5) is 12.1. The number of carbonyl (C=O) groups is 1. The molecule has 0 heterocycles. The summed E-state index contributed by atoms with van der Waals surface area (Å²) < 4.78 is 6.48. The third-order valence-electron chi connectivity index (χ3n) is 4.12. The third kappa shape index (κ3) is 4.40. The van der Waals surface area contributed by atoms with Crippen molar-refractivity contribution in [3.05, 3.63) is 76.3 Å². The Morgan fingerprint density at radius 1 is 1.08 bits per heavy atom. The van der Waals surface area contributed by atoms with Crippen LogP contribution in [0.1, 0.15) is 18.1 Å². The molecule has 0 aliphatic heterocycles. The number of fused-ring (bicyclic) bond motifs is 1. The van der Waals surface area contributed by atoms with E-state index in [4.69, 9.17) is 4.74 Å². The second-order valence-electron chi connectivity index (χ2n) is 5.82. The molecule has 0 saturated heterocycles. The molecule has 3 aromatic rings. The number of carbonyl (C=O) groups excluding carboxylic acids is 1. The maximum absolute atomic E-state index is 12.1. The van der Waals surface area contributed by atoms with Crippen molar-refractivity contribution in [2.75, 3.05) is 6.61 Å². The first-order valence-electron chi connectivity index (χ1n) is 8.32.